The standard InChI is InChI=1S/C14H22O3/c1-4-9-16-10-17-14(15)12(3)11(2)13-7-5-6-8-13/h4,13H,1,5-10H2,2-3H3. The first-order chi connectivity index (χ1) is 8.16. The molecule has 0 atom stereocenters. The lowest BCUT2D eigenvalue weighted by molar-refractivity contribution is -0.150. The van der Waals surface area contributed by atoms with Crippen molar-refractivity contribution in [1.29, 1.82) is 0 Å². The molecule has 3 heteroatoms. The molecule has 0 aromatic heterocycles. The number of carbonyl (C=O) groups is 1. The van der Waals surface area contributed by atoms with Gasteiger partial charge < -0.3 is 9.47 Å². The minimum atomic E-state index is -0.265. The molecule has 0 bridgehead atoms. The van der Waals surface area contributed by atoms with E-state index in [0.29, 0.717) is 12.5 Å². The molecule has 0 heterocycles. The van der Waals surface area contributed by atoms with Gasteiger partial charge in [0, 0.05) is 5.57 Å². The molecule has 96 valence electrons. The van der Waals surface area contributed by atoms with Gasteiger partial charge in [0.25, 0.3) is 0 Å². The van der Waals surface area contributed by atoms with Crippen LogP contribution in [-0.4, -0.2) is 19.4 Å². The highest BCUT2D eigenvalue weighted by Gasteiger charge is 2.20. The first-order valence-corrected chi connectivity index (χ1v) is 6.20. The van der Waals surface area contributed by atoms with E-state index in [4.69, 9.17) is 9.47 Å². The minimum absolute atomic E-state index is 0.000139. The third kappa shape index (κ3) is 4.35. The summed E-state index contributed by atoms with van der Waals surface area (Å²) in [5, 5.41) is 0. The molecule has 1 fully saturated rings. The lowest BCUT2D eigenvalue weighted by atomic mass is 9.95. The molecule has 0 amide bonds. The van der Waals surface area contributed by atoms with Gasteiger partial charge in [0.15, 0.2) is 6.79 Å². The zero-order valence-corrected chi connectivity index (χ0v) is 10.8. The summed E-state index contributed by atoms with van der Waals surface area (Å²) in [5.41, 5.74) is 1.91. The van der Waals surface area contributed by atoms with Crippen molar-refractivity contribution in [2.75, 3.05) is 13.4 Å². The Bertz CT molecular complexity index is 299. The zero-order valence-electron chi connectivity index (χ0n) is 10.8. The summed E-state index contributed by atoms with van der Waals surface area (Å²) >= 11 is 0. The zero-order chi connectivity index (χ0) is 12.7. The highest BCUT2D eigenvalue weighted by Crippen LogP contribution is 2.32. The fraction of sp³-hybridized carbons (Fsp3) is 0.643. The second-order valence-corrected chi connectivity index (χ2v) is 4.50. The maximum absolute atomic E-state index is 11.7. The van der Waals surface area contributed by atoms with Crippen LogP contribution >= 0.6 is 0 Å². The fourth-order valence-electron chi connectivity index (χ4n) is 2.16. The number of carbonyl (C=O) groups excluding carboxylic acids is 1. The Labute approximate surface area is 103 Å². The number of hydrogen-bond acceptors (Lipinski definition) is 3. The van der Waals surface area contributed by atoms with E-state index in [1.165, 1.54) is 31.3 Å². The van der Waals surface area contributed by atoms with E-state index in [9.17, 15) is 4.79 Å². The van der Waals surface area contributed by atoms with Crippen LogP contribution in [0.1, 0.15) is 39.5 Å². The van der Waals surface area contributed by atoms with Crippen LogP contribution in [0.5, 0.6) is 0 Å². The van der Waals surface area contributed by atoms with Crippen molar-refractivity contribution in [2.24, 2.45) is 5.92 Å². The van der Waals surface area contributed by atoms with Crippen molar-refractivity contribution in [3.8, 4) is 0 Å². The molecule has 1 saturated carbocycles. The van der Waals surface area contributed by atoms with Crippen LogP contribution in [0.15, 0.2) is 23.8 Å². The summed E-state index contributed by atoms with van der Waals surface area (Å²) in [5.74, 6) is 0.301. The van der Waals surface area contributed by atoms with Crippen LogP contribution in [0.3, 0.4) is 0 Å². The van der Waals surface area contributed by atoms with Crippen molar-refractivity contribution >= 4 is 5.97 Å². The van der Waals surface area contributed by atoms with Crippen molar-refractivity contribution < 1.29 is 14.3 Å². The van der Waals surface area contributed by atoms with Gasteiger partial charge in [-0.2, -0.15) is 0 Å². The van der Waals surface area contributed by atoms with Gasteiger partial charge in [-0.05, 0) is 32.6 Å². The van der Waals surface area contributed by atoms with Gasteiger partial charge in [0.05, 0.1) is 6.61 Å². The minimum Gasteiger partial charge on any atom is -0.435 e. The molecule has 0 spiro atoms. The molecule has 17 heavy (non-hydrogen) atoms. The van der Waals surface area contributed by atoms with E-state index < -0.39 is 0 Å². The van der Waals surface area contributed by atoms with Crippen LogP contribution < -0.4 is 0 Å². The Morgan fingerprint density at radius 2 is 2.00 bits per heavy atom. The maximum Gasteiger partial charge on any atom is 0.335 e. The summed E-state index contributed by atoms with van der Waals surface area (Å²) in [6, 6.07) is 0. The highest BCUT2D eigenvalue weighted by molar-refractivity contribution is 5.88. The van der Waals surface area contributed by atoms with Gasteiger partial charge in [0.1, 0.15) is 0 Å². The summed E-state index contributed by atoms with van der Waals surface area (Å²) < 4.78 is 10.0. The molecule has 0 aliphatic heterocycles. The Kier molecular flexibility index (Phi) is 5.98. The lowest BCUT2D eigenvalue weighted by Gasteiger charge is -2.13. The van der Waals surface area contributed by atoms with E-state index in [1.54, 1.807) is 6.08 Å². The summed E-state index contributed by atoms with van der Waals surface area (Å²) in [6.45, 7) is 7.79. The molecule has 0 unspecified atom stereocenters. The molecule has 1 rings (SSSR count). The van der Waals surface area contributed by atoms with Crippen LogP contribution in [0.25, 0.3) is 0 Å². The van der Waals surface area contributed by atoms with Gasteiger partial charge >= 0.3 is 5.97 Å². The first-order valence-electron chi connectivity index (χ1n) is 6.20. The van der Waals surface area contributed by atoms with E-state index in [-0.39, 0.29) is 12.8 Å². The summed E-state index contributed by atoms with van der Waals surface area (Å²) in [7, 11) is 0. The van der Waals surface area contributed by atoms with Crippen LogP contribution in [0.4, 0.5) is 0 Å². The fourth-order valence-corrected chi connectivity index (χ4v) is 2.16. The molecule has 0 N–H and O–H groups in total. The van der Waals surface area contributed by atoms with E-state index in [0.717, 1.165) is 5.57 Å². The predicted octanol–water partition coefficient (Wildman–Crippen LogP) is 3.22. The monoisotopic (exact) mass is 238 g/mol. The molecule has 1 aliphatic carbocycles. The molecule has 0 radical (unpaired) electrons. The SMILES string of the molecule is C=CCOCOC(=O)C(C)=C(C)C1CCCC1. The van der Waals surface area contributed by atoms with Crippen LogP contribution in [0, 0.1) is 5.92 Å². The number of ether oxygens (including phenoxy) is 2. The first kappa shape index (κ1) is 14.0. The second kappa shape index (κ2) is 7.28. The number of esters is 1. The van der Waals surface area contributed by atoms with Crippen molar-refractivity contribution in [3.63, 3.8) is 0 Å². The molecule has 3 nitrogen and oxygen atoms in total. The Morgan fingerprint density at radius 3 is 2.59 bits per heavy atom. The molecule has 0 aromatic rings. The topological polar surface area (TPSA) is 35.5 Å². The Balaban J connectivity index is 2.43. The average Bonchev–Trinajstić information content (AvgIpc) is 2.86. The average molecular weight is 238 g/mol. The Morgan fingerprint density at radius 1 is 1.35 bits per heavy atom. The normalized spacial score (nSPS) is 17.8. The lowest BCUT2D eigenvalue weighted by Crippen LogP contribution is -2.12. The number of allylic oxidation sites excluding steroid dienone is 1. The van der Waals surface area contributed by atoms with Crippen LogP contribution in [-0.2, 0) is 14.3 Å². The van der Waals surface area contributed by atoms with Gasteiger partial charge in [-0.25, -0.2) is 4.79 Å². The van der Waals surface area contributed by atoms with Crippen molar-refractivity contribution in [3.05, 3.63) is 23.8 Å². The largest absolute Gasteiger partial charge is 0.435 e. The van der Waals surface area contributed by atoms with Gasteiger partial charge in [-0.15, -0.1) is 6.58 Å². The van der Waals surface area contributed by atoms with E-state index >= 15 is 0 Å². The number of rotatable bonds is 6. The molecular weight excluding hydrogens is 216 g/mol. The summed E-state index contributed by atoms with van der Waals surface area (Å²) in [6.07, 6.45) is 6.56. The molecule has 0 aromatic carbocycles. The third-order valence-corrected chi connectivity index (χ3v) is 3.37. The summed E-state index contributed by atoms with van der Waals surface area (Å²) in [4.78, 5) is 11.7. The van der Waals surface area contributed by atoms with Crippen molar-refractivity contribution in [1.82, 2.24) is 0 Å². The highest BCUT2D eigenvalue weighted by atomic mass is 16.7. The van der Waals surface area contributed by atoms with Crippen LogP contribution in [0.2, 0.25) is 0 Å². The van der Waals surface area contributed by atoms with E-state index in [1.807, 2.05) is 13.8 Å². The maximum atomic E-state index is 11.7. The molecule has 0 saturated heterocycles. The second-order valence-electron chi connectivity index (χ2n) is 4.50. The quantitative estimate of drug-likeness (QED) is 0.234. The molecular formula is C14H22O3. The number of hydrogen-bond donors (Lipinski definition) is 0. The van der Waals surface area contributed by atoms with Gasteiger partial charge in [-0.3, -0.25) is 0 Å². The van der Waals surface area contributed by atoms with Crippen molar-refractivity contribution in [2.45, 2.75) is 39.5 Å². The van der Waals surface area contributed by atoms with E-state index in [2.05, 4.69) is 6.58 Å². The molecule has 1 aliphatic rings. The third-order valence-electron chi connectivity index (χ3n) is 3.37. The van der Waals surface area contributed by atoms with Gasteiger partial charge in [-0.1, -0.05) is 24.5 Å². The smallest absolute Gasteiger partial charge is 0.335 e. The Hall–Kier alpha value is -1.09. The van der Waals surface area contributed by atoms with Gasteiger partial charge in [0.2, 0.25) is 0 Å². The predicted molar refractivity (Wildman–Crippen MR) is 67.4 cm³/mol.